The van der Waals surface area contributed by atoms with Crippen LogP contribution in [-0.2, 0) is 73.6 Å². The molecule has 106 heavy (non-hydrogen) atoms. The predicted molar refractivity (Wildman–Crippen MR) is 372 cm³/mol. The van der Waals surface area contributed by atoms with E-state index >= 15 is 0 Å². The van der Waals surface area contributed by atoms with Gasteiger partial charge in [-0.25, -0.2) is 18.8 Å². The number of benzene rings is 4. The molecular weight excluding hydrogens is 1460 g/mol. The van der Waals surface area contributed by atoms with Gasteiger partial charge < -0.3 is 76.2 Å². The average molecular weight is 1550 g/mol. The summed E-state index contributed by atoms with van der Waals surface area (Å²) < 4.78 is 121. The predicted octanol–water partition coefficient (Wildman–Crippen LogP) is 10.6. The number of hydrogen-bond acceptors (Lipinski definition) is 24. The zero-order valence-electron chi connectivity index (χ0n) is 60.1. The smallest absolute Gasteiger partial charge is 0.472 e. The van der Waals surface area contributed by atoms with Crippen molar-refractivity contribution in [2.45, 2.75) is 178 Å². The topological polar surface area (TPSA) is 403 Å². The molecule has 4 aromatic carbocycles. The maximum atomic E-state index is 13.4. The molecule has 32 nitrogen and oxygen atoms in total. The van der Waals surface area contributed by atoms with Crippen LogP contribution in [0.5, 0.6) is 23.0 Å². The van der Waals surface area contributed by atoms with Gasteiger partial charge >= 0.3 is 15.6 Å². The van der Waals surface area contributed by atoms with Gasteiger partial charge in [-0.3, -0.25) is 46.4 Å². The van der Waals surface area contributed by atoms with E-state index in [9.17, 15) is 67.5 Å². The lowest BCUT2D eigenvalue weighted by molar-refractivity contribution is -0.241. The van der Waals surface area contributed by atoms with E-state index in [1.165, 1.54) is 31.7 Å². The minimum absolute atomic E-state index is 0. The van der Waals surface area contributed by atoms with Gasteiger partial charge in [-0.1, -0.05) is 12.1 Å². The van der Waals surface area contributed by atoms with E-state index in [-0.39, 0.29) is 75.5 Å². The lowest BCUT2D eigenvalue weighted by Gasteiger charge is -2.48. The molecule has 12 atom stereocenters. The van der Waals surface area contributed by atoms with Crippen molar-refractivity contribution in [1.82, 2.24) is 19.6 Å². The van der Waals surface area contributed by atoms with Gasteiger partial charge in [-0.2, -0.15) is 10.5 Å². The van der Waals surface area contributed by atoms with Crippen LogP contribution in [0.15, 0.2) is 72.8 Å². The molecular formula is C70H84N8O24P4. The molecule has 0 saturated carbocycles. The van der Waals surface area contributed by atoms with Gasteiger partial charge in [0.25, 0.3) is 15.6 Å². The number of phosphoric ester groups is 4. The van der Waals surface area contributed by atoms with E-state index in [4.69, 9.17) is 68.3 Å². The zero-order chi connectivity index (χ0) is 75.3. The minimum atomic E-state index is -5.19. The molecule has 12 unspecified atom stereocenters. The van der Waals surface area contributed by atoms with Gasteiger partial charge in [0.1, 0.15) is 69.8 Å². The fourth-order valence-electron chi connectivity index (χ4n) is 14.5. The summed E-state index contributed by atoms with van der Waals surface area (Å²) in [6.07, 6.45) is -1.76. The van der Waals surface area contributed by atoms with Crippen LogP contribution in [0.25, 0.3) is 9.69 Å². The molecule has 0 aromatic heterocycles. The van der Waals surface area contributed by atoms with Crippen molar-refractivity contribution in [1.29, 1.82) is 10.5 Å². The lowest BCUT2D eigenvalue weighted by atomic mass is 9.85. The van der Waals surface area contributed by atoms with E-state index in [1.807, 2.05) is 0 Å². The number of fused-ring (bicyclic) bond motifs is 4. The summed E-state index contributed by atoms with van der Waals surface area (Å²) in [6.45, 7) is 26.3. The van der Waals surface area contributed by atoms with E-state index in [0.717, 1.165) is 0 Å². The molecule has 0 radical (unpaired) electrons. The van der Waals surface area contributed by atoms with E-state index < -0.39 is 129 Å². The van der Waals surface area contributed by atoms with Crippen molar-refractivity contribution in [2.75, 3.05) is 52.6 Å². The Balaban J connectivity index is 0.000000241. The number of amides is 4. The SMILES string of the molecule is [C-]#[N+]c1ccc2c(c1)C(N1CCCC1=O)C(OP(=O)([O-])OCCOP(=O)(O)OC1C(N3CCCC3=O)c3cc(C#N)ccc3OC1(C)C)C(C)(C)O2.[C-]#[N+]c1ccc2c(c1)C(N1CCCC1=O)C(OP(=O)([O-])OCCOP(=O)(O)OC1C(N3CCCC3=O)c3cc(C#N)ccc3OC1(C)C)C(C)(C)O2.[CH3+].[CH3+]. The number of likely N-dealkylation sites (tertiary alicyclic amines) is 4. The van der Waals surface area contributed by atoms with Gasteiger partial charge in [0.2, 0.25) is 23.6 Å². The summed E-state index contributed by atoms with van der Waals surface area (Å²) in [5, 5.41) is 19.0. The standard InChI is InChI=1S/2C34H40N4O12P2.2CH3/c2*1-33(2)31(29(37-14-6-8-27(37)39)23-18-21(20-35)10-12-25(23)47-33)49-51(41,42)45-16-17-46-52(43,44)50-32-30(38-15-7-9-28(38)40)24-19-22(36-5)11-13-26(24)48-34(32,3)4;;/h2*10-13,18-19,29-32H,6-9,14-17H2,1-4H3,(H,41,42)(H,43,44);2*1H3/q;;2*+1/p-2. The second-order valence-electron chi connectivity index (χ2n) is 28.0. The largest absolute Gasteiger partial charge is 0.756 e. The van der Waals surface area contributed by atoms with Crippen molar-refractivity contribution in [3.05, 3.63) is 144 Å². The number of nitriles is 2. The van der Waals surface area contributed by atoms with E-state index in [1.54, 1.807) is 116 Å². The quantitative estimate of drug-likeness (QED) is 0.0419. The van der Waals surface area contributed by atoms with Gasteiger partial charge in [0.05, 0.1) is 87.0 Å². The number of phosphoric acid groups is 4. The monoisotopic (exact) mass is 1540 g/mol. The summed E-state index contributed by atoms with van der Waals surface area (Å²) in [5.41, 5.74) is -2.27. The van der Waals surface area contributed by atoms with Crippen LogP contribution in [0.2, 0.25) is 0 Å². The summed E-state index contributed by atoms with van der Waals surface area (Å²) in [4.78, 5) is 113. The third-order valence-corrected chi connectivity index (χ3v) is 23.1. The highest BCUT2D eigenvalue weighted by molar-refractivity contribution is 7.47. The molecule has 4 fully saturated rings. The molecule has 2 N–H and O–H groups in total. The first kappa shape index (κ1) is 82.2. The van der Waals surface area contributed by atoms with Crippen LogP contribution in [-0.4, -0.2) is 152 Å². The van der Waals surface area contributed by atoms with Crippen LogP contribution >= 0.6 is 31.3 Å². The maximum absolute atomic E-state index is 13.4. The van der Waals surface area contributed by atoms with Crippen molar-refractivity contribution in [3.8, 4) is 35.1 Å². The van der Waals surface area contributed by atoms with Crippen molar-refractivity contribution >= 4 is 66.3 Å². The molecule has 568 valence electrons. The average Bonchev–Trinajstić information content (AvgIpc) is 1.20. The summed E-state index contributed by atoms with van der Waals surface area (Å²) in [6, 6.07) is 19.3. The first-order chi connectivity index (χ1) is 48.9. The Morgan fingerprint density at radius 1 is 0.453 bits per heavy atom. The number of rotatable bonds is 22. The maximum Gasteiger partial charge on any atom is 0.472 e. The lowest BCUT2D eigenvalue weighted by Crippen LogP contribution is -2.55. The number of ether oxygens (including phenoxy) is 4. The van der Waals surface area contributed by atoms with Gasteiger partial charge in [-0.15, -0.1) is 0 Å². The van der Waals surface area contributed by atoms with Gasteiger partial charge in [0, 0.05) is 89.0 Å². The molecule has 4 saturated heterocycles. The number of nitrogens with zero attached hydrogens (tertiary/aromatic N) is 8. The Kier molecular flexibility index (Phi) is 24.6. The normalized spacial score (nSPS) is 26.4. The highest BCUT2D eigenvalue weighted by Crippen LogP contribution is 2.59. The molecule has 0 aliphatic carbocycles. The van der Waals surface area contributed by atoms with Gasteiger partial charge in [-0.05, 0) is 142 Å². The fraction of sp³-hybridized carbons (Fsp3) is 0.514. The third kappa shape index (κ3) is 17.6. The Bertz CT molecular complexity index is 3880. The van der Waals surface area contributed by atoms with Crippen LogP contribution < -0.4 is 28.7 Å². The number of carbonyl (C=O) groups excluding carboxylic acids is 4. The zero-order valence-corrected chi connectivity index (χ0v) is 63.7. The van der Waals surface area contributed by atoms with Gasteiger partial charge in [0.15, 0.2) is 11.4 Å². The third-order valence-electron chi connectivity index (χ3n) is 19.1. The second-order valence-corrected chi connectivity index (χ2v) is 33.6. The minimum Gasteiger partial charge on any atom is -0.756 e. The molecule has 0 bridgehead atoms. The molecule has 8 heterocycles. The molecule has 8 aliphatic heterocycles. The summed E-state index contributed by atoms with van der Waals surface area (Å²) in [7, 11) is -20.3. The highest BCUT2D eigenvalue weighted by atomic mass is 31.2. The molecule has 12 rings (SSSR count). The Morgan fingerprint density at radius 2 is 0.708 bits per heavy atom. The van der Waals surface area contributed by atoms with Crippen molar-refractivity contribution < 1.29 is 112 Å². The van der Waals surface area contributed by atoms with Crippen LogP contribution in [0.4, 0.5) is 11.4 Å². The molecule has 4 amide bonds. The number of hydrogen-bond donors (Lipinski definition) is 2. The first-order valence-corrected chi connectivity index (χ1v) is 39.5. The van der Waals surface area contributed by atoms with Crippen LogP contribution in [0, 0.1) is 50.7 Å². The molecule has 36 heteroatoms. The summed E-state index contributed by atoms with van der Waals surface area (Å²) >= 11 is 0. The van der Waals surface area contributed by atoms with E-state index in [0.29, 0.717) is 108 Å². The Hall–Kier alpha value is -7.90. The van der Waals surface area contributed by atoms with Crippen molar-refractivity contribution in [2.24, 2.45) is 0 Å². The Morgan fingerprint density at radius 3 is 0.962 bits per heavy atom. The van der Waals surface area contributed by atoms with Crippen LogP contribution in [0.3, 0.4) is 0 Å². The van der Waals surface area contributed by atoms with Crippen LogP contribution in [0.1, 0.15) is 164 Å². The molecule has 0 spiro atoms. The Labute approximate surface area is 615 Å². The van der Waals surface area contributed by atoms with Crippen molar-refractivity contribution in [3.63, 3.8) is 0 Å². The van der Waals surface area contributed by atoms with E-state index in [2.05, 4.69) is 21.8 Å². The molecule has 4 aromatic rings. The first-order valence-electron chi connectivity index (χ1n) is 33.5. The second kappa shape index (κ2) is 31.7. The fourth-order valence-corrected chi connectivity index (χ4v) is 18.5. The molecule has 8 aliphatic rings. The number of carbonyl (C=O) groups is 4. The summed E-state index contributed by atoms with van der Waals surface area (Å²) in [5.74, 6) is 0.731. The highest BCUT2D eigenvalue weighted by Gasteiger charge is 2.56.